The fourth-order valence-electron chi connectivity index (χ4n) is 1.66. The van der Waals surface area contributed by atoms with Crippen LogP contribution < -0.4 is 9.47 Å². The first kappa shape index (κ1) is 13.0. The Morgan fingerprint density at radius 3 is 2.42 bits per heavy atom. The predicted molar refractivity (Wildman–Crippen MR) is 74.6 cm³/mol. The molecule has 3 heteroatoms. The Balaban J connectivity index is 0.000000163. The number of ether oxygens (including phenoxy) is 2. The summed E-state index contributed by atoms with van der Waals surface area (Å²) in [5.41, 5.74) is 1.20. The van der Waals surface area contributed by atoms with Crippen LogP contribution in [0.3, 0.4) is 0 Å². The maximum Gasteiger partial charge on any atom is 0.231 e. The van der Waals surface area contributed by atoms with E-state index in [0.717, 1.165) is 17.9 Å². The van der Waals surface area contributed by atoms with Crippen molar-refractivity contribution in [2.45, 2.75) is 6.42 Å². The van der Waals surface area contributed by atoms with Gasteiger partial charge in [0.1, 0.15) is 5.75 Å². The second kappa shape index (κ2) is 6.50. The molecule has 0 atom stereocenters. The number of phenolic OH excluding ortho intramolecular Hbond substituents is 1. The van der Waals surface area contributed by atoms with E-state index in [1.165, 1.54) is 5.56 Å². The summed E-state index contributed by atoms with van der Waals surface area (Å²) < 4.78 is 10.4. The third-order valence-electron chi connectivity index (χ3n) is 2.57. The standard InChI is InChI=1S/C10H10O2.C6H6O/c1-2-3-8-4-5-9-10(6-8)12-7-11-9;7-6-4-2-1-3-5-6/h2,4-6H,1,3,7H2;1-5,7H. The van der Waals surface area contributed by atoms with Gasteiger partial charge in [-0.2, -0.15) is 0 Å². The van der Waals surface area contributed by atoms with Crippen molar-refractivity contribution in [3.63, 3.8) is 0 Å². The fraction of sp³-hybridized carbons (Fsp3) is 0.125. The summed E-state index contributed by atoms with van der Waals surface area (Å²) in [6.45, 7) is 4.02. The molecule has 0 aliphatic carbocycles. The average Bonchev–Trinajstić information content (AvgIpc) is 2.88. The second-order valence-electron chi connectivity index (χ2n) is 4.02. The van der Waals surface area contributed by atoms with Crippen LogP contribution in [0.2, 0.25) is 0 Å². The number of hydrogen-bond donors (Lipinski definition) is 1. The predicted octanol–water partition coefficient (Wildman–Crippen LogP) is 3.54. The molecule has 3 rings (SSSR count). The van der Waals surface area contributed by atoms with Crippen LogP contribution in [-0.2, 0) is 6.42 Å². The van der Waals surface area contributed by atoms with Gasteiger partial charge in [-0.3, -0.25) is 0 Å². The first-order valence-corrected chi connectivity index (χ1v) is 6.03. The summed E-state index contributed by atoms with van der Waals surface area (Å²) in [5.74, 6) is 2.00. The van der Waals surface area contributed by atoms with Crippen LogP contribution in [0.15, 0.2) is 61.2 Å². The first-order chi connectivity index (χ1) is 9.29. The highest BCUT2D eigenvalue weighted by molar-refractivity contribution is 5.44. The van der Waals surface area contributed by atoms with E-state index in [1.54, 1.807) is 24.3 Å². The van der Waals surface area contributed by atoms with E-state index in [1.807, 2.05) is 30.3 Å². The molecular weight excluding hydrogens is 240 g/mol. The van der Waals surface area contributed by atoms with E-state index >= 15 is 0 Å². The van der Waals surface area contributed by atoms with Crippen LogP contribution in [0.1, 0.15) is 5.56 Å². The number of aromatic hydroxyl groups is 1. The molecule has 2 aromatic carbocycles. The van der Waals surface area contributed by atoms with Crippen LogP contribution in [0.25, 0.3) is 0 Å². The van der Waals surface area contributed by atoms with E-state index in [9.17, 15) is 0 Å². The fourth-order valence-corrected chi connectivity index (χ4v) is 1.66. The first-order valence-electron chi connectivity index (χ1n) is 6.03. The van der Waals surface area contributed by atoms with Crippen LogP contribution >= 0.6 is 0 Å². The zero-order valence-electron chi connectivity index (χ0n) is 10.6. The lowest BCUT2D eigenvalue weighted by Gasteiger charge is -1.98. The topological polar surface area (TPSA) is 38.7 Å². The number of allylic oxidation sites excluding steroid dienone is 1. The quantitative estimate of drug-likeness (QED) is 0.835. The van der Waals surface area contributed by atoms with Gasteiger partial charge in [0.05, 0.1) is 0 Å². The lowest BCUT2D eigenvalue weighted by atomic mass is 10.1. The minimum absolute atomic E-state index is 0.322. The van der Waals surface area contributed by atoms with Gasteiger partial charge in [0.15, 0.2) is 11.5 Å². The SMILES string of the molecule is C=CCc1ccc2c(c1)OCO2.Oc1ccccc1. The highest BCUT2D eigenvalue weighted by atomic mass is 16.7. The Labute approximate surface area is 112 Å². The number of rotatable bonds is 2. The third kappa shape index (κ3) is 3.78. The number of fused-ring (bicyclic) bond motifs is 1. The van der Waals surface area contributed by atoms with Crippen molar-refractivity contribution < 1.29 is 14.6 Å². The summed E-state index contributed by atoms with van der Waals surface area (Å²) in [4.78, 5) is 0. The number of para-hydroxylation sites is 1. The molecule has 0 fully saturated rings. The molecule has 0 unspecified atom stereocenters. The van der Waals surface area contributed by atoms with Gasteiger partial charge < -0.3 is 14.6 Å². The highest BCUT2D eigenvalue weighted by Crippen LogP contribution is 2.32. The number of phenols is 1. The lowest BCUT2D eigenvalue weighted by molar-refractivity contribution is 0.174. The van der Waals surface area contributed by atoms with Crippen molar-refractivity contribution in [3.8, 4) is 17.2 Å². The number of hydrogen-bond acceptors (Lipinski definition) is 3. The molecular formula is C16H16O3. The van der Waals surface area contributed by atoms with Crippen LogP contribution in [0, 0.1) is 0 Å². The normalized spacial score (nSPS) is 11.4. The molecule has 2 aromatic rings. The zero-order valence-corrected chi connectivity index (χ0v) is 10.6. The summed E-state index contributed by atoms with van der Waals surface area (Å²) in [7, 11) is 0. The second-order valence-corrected chi connectivity index (χ2v) is 4.02. The Bertz CT molecular complexity index is 535. The van der Waals surface area contributed by atoms with Gasteiger partial charge in [-0.1, -0.05) is 30.3 Å². The lowest BCUT2D eigenvalue weighted by Crippen LogP contribution is -1.92. The smallest absolute Gasteiger partial charge is 0.231 e. The van der Waals surface area contributed by atoms with Crippen LogP contribution in [-0.4, -0.2) is 11.9 Å². The Hall–Kier alpha value is -2.42. The minimum Gasteiger partial charge on any atom is -0.508 e. The van der Waals surface area contributed by atoms with E-state index < -0.39 is 0 Å². The average molecular weight is 256 g/mol. The molecule has 1 N–H and O–H groups in total. The number of benzene rings is 2. The Kier molecular flexibility index (Phi) is 4.45. The van der Waals surface area contributed by atoms with Gasteiger partial charge in [0.2, 0.25) is 6.79 Å². The monoisotopic (exact) mass is 256 g/mol. The van der Waals surface area contributed by atoms with Crippen LogP contribution in [0.4, 0.5) is 0 Å². The summed E-state index contributed by atoms with van der Waals surface area (Å²) in [6, 6.07) is 14.7. The van der Waals surface area contributed by atoms with Gasteiger partial charge in [-0.25, -0.2) is 0 Å². The van der Waals surface area contributed by atoms with Crippen LogP contribution in [0.5, 0.6) is 17.2 Å². The van der Waals surface area contributed by atoms with Crippen molar-refractivity contribution in [1.82, 2.24) is 0 Å². The largest absolute Gasteiger partial charge is 0.508 e. The molecule has 0 radical (unpaired) electrons. The molecule has 3 nitrogen and oxygen atoms in total. The van der Waals surface area contributed by atoms with E-state index in [0.29, 0.717) is 12.5 Å². The Morgan fingerprint density at radius 2 is 1.79 bits per heavy atom. The van der Waals surface area contributed by atoms with Crippen molar-refractivity contribution in [3.05, 3.63) is 66.7 Å². The van der Waals surface area contributed by atoms with Gasteiger partial charge in [0.25, 0.3) is 0 Å². The summed E-state index contributed by atoms with van der Waals surface area (Å²) in [6.07, 6.45) is 2.74. The minimum atomic E-state index is 0.322. The van der Waals surface area contributed by atoms with Crippen molar-refractivity contribution in [2.75, 3.05) is 6.79 Å². The molecule has 0 spiro atoms. The van der Waals surface area contributed by atoms with Crippen molar-refractivity contribution >= 4 is 0 Å². The van der Waals surface area contributed by atoms with E-state index in [-0.39, 0.29) is 0 Å². The molecule has 0 bridgehead atoms. The van der Waals surface area contributed by atoms with Gasteiger partial charge in [-0.15, -0.1) is 6.58 Å². The molecule has 1 aliphatic rings. The molecule has 0 amide bonds. The van der Waals surface area contributed by atoms with Gasteiger partial charge in [-0.05, 0) is 36.2 Å². The summed E-state index contributed by atoms with van der Waals surface area (Å²) >= 11 is 0. The molecule has 0 saturated heterocycles. The highest BCUT2D eigenvalue weighted by Gasteiger charge is 2.12. The van der Waals surface area contributed by atoms with E-state index in [2.05, 4.69) is 6.58 Å². The van der Waals surface area contributed by atoms with Gasteiger partial charge in [0, 0.05) is 0 Å². The zero-order chi connectivity index (χ0) is 13.5. The maximum absolute atomic E-state index is 8.63. The van der Waals surface area contributed by atoms with Gasteiger partial charge >= 0.3 is 0 Å². The summed E-state index contributed by atoms with van der Waals surface area (Å²) in [5, 5.41) is 8.63. The molecule has 98 valence electrons. The Morgan fingerprint density at radius 1 is 1.05 bits per heavy atom. The maximum atomic E-state index is 8.63. The third-order valence-corrected chi connectivity index (χ3v) is 2.57. The van der Waals surface area contributed by atoms with Crippen molar-refractivity contribution in [1.29, 1.82) is 0 Å². The molecule has 19 heavy (non-hydrogen) atoms. The molecule has 1 heterocycles. The molecule has 1 aliphatic heterocycles. The van der Waals surface area contributed by atoms with E-state index in [4.69, 9.17) is 14.6 Å². The molecule has 0 saturated carbocycles. The van der Waals surface area contributed by atoms with Crippen molar-refractivity contribution in [2.24, 2.45) is 0 Å². The molecule has 0 aromatic heterocycles.